The van der Waals surface area contributed by atoms with Gasteiger partial charge in [0.2, 0.25) is 5.91 Å². The smallest absolute Gasteiger partial charge is 0.244 e. The highest BCUT2D eigenvalue weighted by Crippen LogP contribution is 2.19. The van der Waals surface area contributed by atoms with Gasteiger partial charge in [-0.1, -0.05) is 42.5 Å². The Morgan fingerprint density at radius 2 is 1.61 bits per heavy atom. The second-order valence-corrected chi connectivity index (χ2v) is 7.93. The molecule has 5 heteroatoms. The van der Waals surface area contributed by atoms with Crippen LogP contribution in [0.4, 0.5) is 5.69 Å². The van der Waals surface area contributed by atoms with Crippen molar-refractivity contribution in [3.05, 3.63) is 65.7 Å². The molecule has 0 saturated carbocycles. The highest BCUT2D eigenvalue weighted by atomic mass is 32.2. The second kappa shape index (κ2) is 6.96. The van der Waals surface area contributed by atoms with Crippen molar-refractivity contribution in [1.82, 2.24) is 0 Å². The van der Waals surface area contributed by atoms with Gasteiger partial charge < -0.3 is 4.90 Å². The maximum absolute atomic E-state index is 12.6. The maximum atomic E-state index is 12.6. The number of hydrogen-bond acceptors (Lipinski definition) is 3. The van der Waals surface area contributed by atoms with Gasteiger partial charge in [0.15, 0.2) is 9.84 Å². The lowest BCUT2D eigenvalue weighted by atomic mass is 10.1. The van der Waals surface area contributed by atoms with Crippen LogP contribution in [0.15, 0.2) is 54.6 Å². The topological polar surface area (TPSA) is 54.5 Å². The molecule has 0 spiro atoms. The van der Waals surface area contributed by atoms with Gasteiger partial charge >= 0.3 is 0 Å². The number of rotatable bonds is 5. The fraction of sp³-hybridized carbons (Fsp3) is 0.278. The molecule has 0 saturated heterocycles. The number of amides is 1. The van der Waals surface area contributed by atoms with Crippen LogP contribution in [0.25, 0.3) is 0 Å². The minimum Gasteiger partial charge on any atom is -0.314 e. The zero-order chi connectivity index (χ0) is 17.0. The Morgan fingerprint density at radius 1 is 1.04 bits per heavy atom. The average molecular weight is 331 g/mol. The molecule has 0 N–H and O–H groups in total. The monoisotopic (exact) mass is 331 g/mol. The van der Waals surface area contributed by atoms with E-state index in [-0.39, 0.29) is 5.75 Å². The van der Waals surface area contributed by atoms with Crippen molar-refractivity contribution in [2.75, 3.05) is 11.9 Å². The summed E-state index contributed by atoms with van der Waals surface area (Å²) in [6.45, 7) is 3.32. The van der Waals surface area contributed by atoms with Gasteiger partial charge in [-0.15, -0.1) is 0 Å². The van der Waals surface area contributed by atoms with E-state index in [2.05, 4.69) is 0 Å². The van der Waals surface area contributed by atoms with Crippen molar-refractivity contribution in [2.24, 2.45) is 0 Å². The number of nitrogens with zero attached hydrogens (tertiary/aromatic N) is 1. The number of anilines is 1. The number of carbonyl (C=O) groups excluding carboxylic acids is 1. The number of hydrogen-bond donors (Lipinski definition) is 0. The quantitative estimate of drug-likeness (QED) is 0.846. The molecular weight excluding hydrogens is 310 g/mol. The van der Waals surface area contributed by atoms with Crippen LogP contribution < -0.4 is 4.90 Å². The standard InChI is InChI=1S/C18H21NO3S/c1-14-9-7-8-10-16(14)13-23(21,22)15(2)18(20)19(3)17-11-5-4-6-12-17/h4-12,15H,13H2,1-3H3. The van der Waals surface area contributed by atoms with Gasteiger partial charge in [-0.25, -0.2) is 8.42 Å². The van der Waals surface area contributed by atoms with E-state index in [1.807, 2.05) is 37.3 Å². The Morgan fingerprint density at radius 3 is 2.22 bits per heavy atom. The molecule has 0 heterocycles. The highest BCUT2D eigenvalue weighted by molar-refractivity contribution is 7.92. The first kappa shape index (κ1) is 17.2. The van der Waals surface area contributed by atoms with Crippen LogP contribution in [0.2, 0.25) is 0 Å². The molecule has 1 atom stereocenters. The van der Waals surface area contributed by atoms with Crippen molar-refractivity contribution in [2.45, 2.75) is 24.9 Å². The van der Waals surface area contributed by atoms with E-state index in [1.165, 1.54) is 11.8 Å². The molecule has 1 amide bonds. The van der Waals surface area contributed by atoms with E-state index >= 15 is 0 Å². The fourth-order valence-corrected chi connectivity index (χ4v) is 3.79. The summed E-state index contributed by atoms with van der Waals surface area (Å²) in [4.78, 5) is 13.9. The lowest BCUT2D eigenvalue weighted by molar-refractivity contribution is -0.117. The molecule has 122 valence electrons. The van der Waals surface area contributed by atoms with Crippen LogP contribution in [0.3, 0.4) is 0 Å². The Hall–Kier alpha value is -2.14. The van der Waals surface area contributed by atoms with E-state index in [4.69, 9.17) is 0 Å². The van der Waals surface area contributed by atoms with Gasteiger partial charge in [0.1, 0.15) is 5.25 Å². The van der Waals surface area contributed by atoms with Crippen LogP contribution in [-0.2, 0) is 20.4 Å². The molecule has 0 radical (unpaired) electrons. The first-order valence-corrected chi connectivity index (χ1v) is 9.13. The average Bonchev–Trinajstić information content (AvgIpc) is 2.55. The van der Waals surface area contributed by atoms with Crippen LogP contribution >= 0.6 is 0 Å². The van der Waals surface area contributed by atoms with Gasteiger partial charge in [0.25, 0.3) is 0 Å². The van der Waals surface area contributed by atoms with Gasteiger partial charge in [0.05, 0.1) is 5.75 Å². The molecule has 4 nitrogen and oxygen atoms in total. The first-order valence-electron chi connectivity index (χ1n) is 7.41. The minimum absolute atomic E-state index is 0.130. The van der Waals surface area contributed by atoms with Crippen molar-refractivity contribution in [3.63, 3.8) is 0 Å². The summed E-state index contributed by atoms with van der Waals surface area (Å²) in [5.41, 5.74) is 2.32. The molecule has 2 aromatic rings. The number of aryl methyl sites for hydroxylation is 1. The van der Waals surface area contributed by atoms with E-state index in [9.17, 15) is 13.2 Å². The Bertz CT molecular complexity index is 785. The first-order chi connectivity index (χ1) is 10.8. The van der Waals surface area contributed by atoms with E-state index in [0.717, 1.165) is 11.1 Å². The molecular formula is C18H21NO3S. The molecule has 0 aliphatic rings. The van der Waals surface area contributed by atoms with Crippen LogP contribution in [0.5, 0.6) is 0 Å². The number of sulfone groups is 1. The maximum Gasteiger partial charge on any atom is 0.244 e. The van der Waals surface area contributed by atoms with Crippen molar-refractivity contribution in [1.29, 1.82) is 0 Å². The molecule has 0 fully saturated rings. The van der Waals surface area contributed by atoms with E-state index in [1.54, 1.807) is 31.3 Å². The summed E-state index contributed by atoms with van der Waals surface area (Å²) in [7, 11) is -1.98. The number of carbonyl (C=O) groups is 1. The molecule has 1 unspecified atom stereocenters. The zero-order valence-corrected chi connectivity index (χ0v) is 14.4. The third-order valence-corrected chi connectivity index (χ3v) is 5.97. The predicted molar refractivity (Wildman–Crippen MR) is 93.1 cm³/mol. The molecule has 0 bridgehead atoms. The summed E-state index contributed by atoms with van der Waals surface area (Å²) >= 11 is 0. The van der Waals surface area contributed by atoms with Crippen molar-refractivity contribution in [3.8, 4) is 0 Å². The summed E-state index contributed by atoms with van der Waals surface area (Å²) < 4.78 is 25.2. The van der Waals surface area contributed by atoms with E-state index in [0.29, 0.717) is 5.69 Å². The van der Waals surface area contributed by atoms with Crippen LogP contribution in [0, 0.1) is 6.92 Å². The molecule has 23 heavy (non-hydrogen) atoms. The third kappa shape index (κ3) is 3.99. The summed E-state index contributed by atoms with van der Waals surface area (Å²) in [6.07, 6.45) is 0. The molecule has 2 rings (SSSR count). The highest BCUT2D eigenvalue weighted by Gasteiger charge is 2.31. The Labute approximate surface area is 137 Å². The van der Waals surface area contributed by atoms with E-state index < -0.39 is 21.0 Å². The van der Waals surface area contributed by atoms with Crippen LogP contribution in [-0.4, -0.2) is 26.6 Å². The SMILES string of the molecule is Cc1ccccc1CS(=O)(=O)C(C)C(=O)N(C)c1ccccc1. The molecule has 0 aliphatic heterocycles. The largest absolute Gasteiger partial charge is 0.314 e. The lowest BCUT2D eigenvalue weighted by Crippen LogP contribution is -2.39. The lowest BCUT2D eigenvalue weighted by Gasteiger charge is -2.22. The second-order valence-electron chi connectivity index (χ2n) is 5.61. The molecule has 0 aromatic heterocycles. The van der Waals surface area contributed by atoms with Crippen molar-refractivity contribution < 1.29 is 13.2 Å². The summed E-state index contributed by atoms with van der Waals surface area (Å²) in [5.74, 6) is -0.556. The number of benzene rings is 2. The molecule has 0 aliphatic carbocycles. The Balaban J connectivity index is 2.19. The normalized spacial score (nSPS) is 12.7. The molecule has 2 aromatic carbocycles. The van der Waals surface area contributed by atoms with Crippen LogP contribution in [0.1, 0.15) is 18.1 Å². The number of para-hydroxylation sites is 1. The Kier molecular flexibility index (Phi) is 5.21. The zero-order valence-electron chi connectivity index (χ0n) is 13.6. The van der Waals surface area contributed by atoms with Gasteiger partial charge in [-0.2, -0.15) is 0 Å². The third-order valence-electron chi connectivity index (χ3n) is 3.98. The predicted octanol–water partition coefficient (Wildman–Crippen LogP) is 2.96. The fourth-order valence-electron chi connectivity index (χ4n) is 2.32. The summed E-state index contributed by atoms with van der Waals surface area (Å²) in [5, 5.41) is -1.09. The van der Waals surface area contributed by atoms with Gasteiger partial charge in [-0.05, 0) is 37.1 Å². The van der Waals surface area contributed by atoms with Gasteiger partial charge in [-0.3, -0.25) is 4.79 Å². The van der Waals surface area contributed by atoms with Crippen molar-refractivity contribution >= 4 is 21.4 Å². The minimum atomic E-state index is -3.58. The van der Waals surface area contributed by atoms with Gasteiger partial charge in [0, 0.05) is 12.7 Å². The summed E-state index contributed by atoms with van der Waals surface area (Å²) in [6, 6.07) is 16.3.